The number of sulfone groups is 1. The van der Waals surface area contributed by atoms with E-state index in [9.17, 15) is 21.6 Å². The van der Waals surface area contributed by atoms with Crippen LogP contribution in [0.25, 0.3) is 0 Å². The second kappa shape index (κ2) is 3.68. The van der Waals surface area contributed by atoms with Crippen LogP contribution >= 0.6 is 11.6 Å². The normalized spacial score (nSPS) is 12.9. The van der Waals surface area contributed by atoms with Gasteiger partial charge in [-0.25, -0.2) is 8.42 Å². The number of benzene rings is 1. The smallest absolute Gasteiger partial charge is 0.224 e. The lowest BCUT2D eigenvalue weighted by atomic mass is 10.2. The molecule has 0 spiro atoms. The first-order valence-corrected chi connectivity index (χ1v) is 5.96. The van der Waals surface area contributed by atoms with E-state index in [1.54, 1.807) is 0 Å². The standard InChI is InChI=1S/C8H6ClF3O2S/c1-15(13,14)7-4-5(9)2-3-6(7)8(10,11)12/h2-4H,1H3. The van der Waals surface area contributed by atoms with Crippen molar-refractivity contribution < 1.29 is 21.6 Å². The maximum absolute atomic E-state index is 12.4. The van der Waals surface area contributed by atoms with Gasteiger partial charge in [-0.1, -0.05) is 11.6 Å². The molecule has 2 nitrogen and oxygen atoms in total. The average molecular weight is 259 g/mol. The largest absolute Gasteiger partial charge is 0.417 e. The first-order chi connectivity index (χ1) is 6.62. The molecule has 0 N–H and O–H groups in total. The maximum Gasteiger partial charge on any atom is 0.417 e. The van der Waals surface area contributed by atoms with Gasteiger partial charge < -0.3 is 0 Å². The molecule has 1 rings (SSSR count). The maximum atomic E-state index is 12.4. The summed E-state index contributed by atoms with van der Waals surface area (Å²) in [5, 5.41) is -0.0524. The third-order valence-corrected chi connectivity index (χ3v) is 3.02. The Hall–Kier alpha value is -0.750. The summed E-state index contributed by atoms with van der Waals surface area (Å²) in [6.07, 6.45) is -4.00. The van der Waals surface area contributed by atoms with E-state index >= 15 is 0 Å². The van der Waals surface area contributed by atoms with Crippen molar-refractivity contribution in [2.24, 2.45) is 0 Å². The summed E-state index contributed by atoms with van der Waals surface area (Å²) < 4.78 is 59.4. The molecule has 0 radical (unpaired) electrons. The van der Waals surface area contributed by atoms with Crippen LogP contribution in [0.3, 0.4) is 0 Å². The number of halogens is 4. The summed E-state index contributed by atoms with van der Waals surface area (Å²) in [5.41, 5.74) is -1.20. The van der Waals surface area contributed by atoms with Gasteiger partial charge in [0.05, 0.1) is 10.5 Å². The second-order valence-corrected chi connectivity index (χ2v) is 5.33. The highest BCUT2D eigenvalue weighted by Crippen LogP contribution is 2.35. The van der Waals surface area contributed by atoms with Crippen molar-refractivity contribution >= 4 is 21.4 Å². The van der Waals surface area contributed by atoms with E-state index in [-0.39, 0.29) is 5.02 Å². The van der Waals surface area contributed by atoms with Crippen LogP contribution in [0.15, 0.2) is 23.1 Å². The molecule has 15 heavy (non-hydrogen) atoms. The summed E-state index contributed by atoms with van der Waals surface area (Å²) in [6.45, 7) is 0. The summed E-state index contributed by atoms with van der Waals surface area (Å²) >= 11 is 5.44. The number of hydrogen-bond acceptors (Lipinski definition) is 2. The molecule has 0 aromatic heterocycles. The first-order valence-electron chi connectivity index (χ1n) is 3.69. The van der Waals surface area contributed by atoms with Crippen molar-refractivity contribution in [3.8, 4) is 0 Å². The second-order valence-electron chi connectivity index (χ2n) is 2.91. The van der Waals surface area contributed by atoms with Gasteiger partial charge in [-0.05, 0) is 18.2 Å². The highest BCUT2D eigenvalue weighted by molar-refractivity contribution is 7.90. The van der Waals surface area contributed by atoms with Crippen molar-refractivity contribution in [2.75, 3.05) is 6.26 Å². The van der Waals surface area contributed by atoms with E-state index in [1.165, 1.54) is 0 Å². The van der Waals surface area contributed by atoms with Crippen LogP contribution in [0.2, 0.25) is 5.02 Å². The van der Waals surface area contributed by atoms with E-state index in [2.05, 4.69) is 0 Å². The Morgan fingerprint density at radius 3 is 2.20 bits per heavy atom. The topological polar surface area (TPSA) is 34.1 Å². The average Bonchev–Trinajstić information content (AvgIpc) is 2.00. The van der Waals surface area contributed by atoms with E-state index in [0.29, 0.717) is 12.3 Å². The van der Waals surface area contributed by atoms with Crippen molar-refractivity contribution in [3.63, 3.8) is 0 Å². The molecule has 0 saturated carbocycles. The van der Waals surface area contributed by atoms with Crippen molar-refractivity contribution in [2.45, 2.75) is 11.1 Å². The molecule has 0 fully saturated rings. The van der Waals surface area contributed by atoms with Crippen LogP contribution in [0, 0.1) is 0 Å². The van der Waals surface area contributed by atoms with Crippen LogP contribution in [0.5, 0.6) is 0 Å². The van der Waals surface area contributed by atoms with E-state index in [0.717, 1.165) is 12.1 Å². The van der Waals surface area contributed by atoms with Gasteiger partial charge >= 0.3 is 6.18 Å². The van der Waals surface area contributed by atoms with Gasteiger partial charge in [-0.15, -0.1) is 0 Å². The highest BCUT2D eigenvalue weighted by atomic mass is 35.5. The van der Waals surface area contributed by atoms with Crippen molar-refractivity contribution in [1.29, 1.82) is 0 Å². The molecule has 0 heterocycles. The molecule has 0 atom stereocenters. The van der Waals surface area contributed by atoms with Crippen LogP contribution < -0.4 is 0 Å². The molecule has 1 aromatic rings. The molecule has 7 heteroatoms. The number of alkyl halides is 3. The van der Waals surface area contributed by atoms with E-state index in [4.69, 9.17) is 11.6 Å². The van der Waals surface area contributed by atoms with E-state index < -0.39 is 26.5 Å². The Morgan fingerprint density at radius 2 is 1.80 bits per heavy atom. The van der Waals surface area contributed by atoms with Crippen LogP contribution in [-0.2, 0) is 16.0 Å². The number of rotatable bonds is 1. The molecule has 0 unspecified atom stereocenters. The fourth-order valence-corrected chi connectivity index (χ4v) is 2.20. The fourth-order valence-electron chi connectivity index (χ4n) is 1.04. The molecule has 84 valence electrons. The zero-order chi connectivity index (χ0) is 11.9. The van der Waals surface area contributed by atoms with Crippen molar-refractivity contribution in [3.05, 3.63) is 28.8 Å². The highest BCUT2D eigenvalue weighted by Gasteiger charge is 2.35. The van der Waals surface area contributed by atoms with Gasteiger partial charge in [-0.2, -0.15) is 13.2 Å². The summed E-state index contributed by atoms with van der Waals surface area (Å²) in [4.78, 5) is -0.803. The van der Waals surface area contributed by atoms with Gasteiger partial charge in [0.25, 0.3) is 0 Å². The zero-order valence-corrected chi connectivity index (χ0v) is 9.04. The van der Waals surface area contributed by atoms with Gasteiger partial charge in [0, 0.05) is 11.3 Å². The molecule has 0 aliphatic heterocycles. The Kier molecular flexibility index (Phi) is 3.02. The van der Waals surface area contributed by atoms with Gasteiger partial charge in [0.2, 0.25) is 0 Å². The lowest BCUT2D eigenvalue weighted by molar-refractivity contribution is -0.139. The summed E-state index contributed by atoms with van der Waals surface area (Å²) in [5.74, 6) is 0. The Bertz CT molecular complexity index is 479. The Labute approximate surface area is 89.6 Å². The molecule has 0 saturated heterocycles. The van der Waals surface area contributed by atoms with Crippen molar-refractivity contribution in [1.82, 2.24) is 0 Å². The molecule has 0 amide bonds. The molecular formula is C8H6ClF3O2S. The minimum atomic E-state index is -4.71. The summed E-state index contributed by atoms with van der Waals surface area (Å²) in [6, 6.07) is 2.44. The van der Waals surface area contributed by atoms with Gasteiger partial charge in [-0.3, -0.25) is 0 Å². The predicted molar refractivity (Wildman–Crippen MR) is 49.6 cm³/mol. The summed E-state index contributed by atoms with van der Waals surface area (Å²) in [7, 11) is -3.94. The fraction of sp³-hybridized carbons (Fsp3) is 0.250. The van der Waals surface area contributed by atoms with E-state index in [1.807, 2.05) is 0 Å². The monoisotopic (exact) mass is 258 g/mol. The SMILES string of the molecule is CS(=O)(=O)c1cc(Cl)ccc1C(F)(F)F. The quantitative estimate of drug-likeness (QED) is 0.776. The minimum absolute atomic E-state index is 0.0524. The third-order valence-electron chi connectivity index (χ3n) is 1.65. The molecule has 0 aliphatic carbocycles. The number of hydrogen-bond donors (Lipinski definition) is 0. The Morgan fingerprint density at radius 1 is 1.27 bits per heavy atom. The molecular weight excluding hydrogens is 253 g/mol. The van der Waals surface area contributed by atoms with Gasteiger partial charge in [0.1, 0.15) is 0 Å². The van der Waals surface area contributed by atoms with Crippen LogP contribution in [-0.4, -0.2) is 14.7 Å². The predicted octanol–water partition coefficient (Wildman–Crippen LogP) is 2.76. The first kappa shape index (κ1) is 12.3. The lowest BCUT2D eigenvalue weighted by Crippen LogP contribution is -2.12. The molecule has 0 aliphatic rings. The lowest BCUT2D eigenvalue weighted by Gasteiger charge is -2.11. The third kappa shape index (κ3) is 2.85. The minimum Gasteiger partial charge on any atom is -0.224 e. The van der Waals surface area contributed by atoms with Crippen LogP contribution in [0.4, 0.5) is 13.2 Å². The molecule has 0 bridgehead atoms. The van der Waals surface area contributed by atoms with Crippen LogP contribution in [0.1, 0.15) is 5.56 Å². The zero-order valence-electron chi connectivity index (χ0n) is 7.47. The molecule has 1 aromatic carbocycles. The Balaban J connectivity index is 3.55. The van der Waals surface area contributed by atoms with Gasteiger partial charge in [0.15, 0.2) is 9.84 Å².